The van der Waals surface area contributed by atoms with Crippen LogP contribution in [0.5, 0.6) is 0 Å². The minimum Gasteiger partial charge on any atom is -0.380 e. The lowest BCUT2D eigenvalue weighted by Crippen LogP contribution is -2.44. The number of hydrogen-bond acceptors (Lipinski definition) is 6. The van der Waals surface area contributed by atoms with Crippen LogP contribution in [0.3, 0.4) is 0 Å². The van der Waals surface area contributed by atoms with E-state index in [-0.39, 0.29) is 11.0 Å². The summed E-state index contributed by atoms with van der Waals surface area (Å²) in [5.74, 6) is 0.988. The van der Waals surface area contributed by atoms with Crippen molar-refractivity contribution in [3.63, 3.8) is 0 Å². The summed E-state index contributed by atoms with van der Waals surface area (Å²) in [6.45, 7) is 6.85. The van der Waals surface area contributed by atoms with Crippen LogP contribution in [-0.2, 0) is 4.74 Å². The molecule has 1 unspecified atom stereocenters. The second-order valence-electron chi connectivity index (χ2n) is 8.76. The van der Waals surface area contributed by atoms with Crippen molar-refractivity contribution in [2.75, 3.05) is 36.5 Å². The Kier molecular flexibility index (Phi) is 5.16. The number of pyridine rings is 1. The lowest BCUT2D eigenvalue weighted by molar-refractivity contribution is -0.0985. The van der Waals surface area contributed by atoms with E-state index in [1.165, 1.54) is 12.1 Å². The Bertz CT molecular complexity index is 1170. The van der Waals surface area contributed by atoms with E-state index in [0.717, 1.165) is 50.0 Å². The molecule has 6 nitrogen and oxygen atoms in total. The van der Waals surface area contributed by atoms with Gasteiger partial charge in [0.05, 0.1) is 36.5 Å². The maximum atomic E-state index is 14.7. The van der Waals surface area contributed by atoms with Gasteiger partial charge in [-0.3, -0.25) is 0 Å². The maximum absolute atomic E-state index is 14.7. The summed E-state index contributed by atoms with van der Waals surface area (Å²) >= 11 is 0. The molecule has 0 saturated carbocycles. The van der Waals surface area contributed by atoms with Crippen LogP contribution in [0.2, 0.25) is 0 Å². The number of fused-ring (bicyclic) bond motifs is 1. The zero-order chi connectivity index (χ0) is 22.5. The molecule has 0 amide bonds. The van der Waals surface area contributed by atoms with E-state index in [9.17, 15) is 13.2 Å². The van der Waals surface area contributed by atoms with E-state index in [1.54, 1.807) is 20.0 Å². The minimum absolute atomic E-state index is 0.160. The number of rotatable bonds is 5. The first-order valence-corrected chi connectivity index (χ1v) is 10.7. The highest BCUT2D eigenvalue weighted by Gasteiger charge is 2.44. The molecule has 2 aliphatic heterocycles. The first-order chi connectivity index (χ1) is 15.3. The third-order valence-electron chi connectivity index (χ3n) is 6.37. The van der Waals surface area contributed by atoms with Gasteiger partial charge in [0.1, 0.15) is 23.3 Å². The summed E-state index contributed by atoms with van der Waals surface area (Å²) in [5, 5.41) is 3.96. The van der Waals surface area contributed by atoms with E-state index in [2.05, 4.69) is 25.2 Å². The van der Waals surface area contributed by atoms with Crippen molar-refractivity contribution in [1.82, 2.24) is 15.0 Å². The van der Waals surface area contributed by atoms with Gasteiger partial charge in [0.25, 0.3) is 6.43 Å². The molecule has 5 rings (SSSR count). The molecule has 1 aromatic carbocycles. The van der Waals surface area contributed by atoms with Gasteiger partial charge < -0.3 is 15.0 Å². The van der Waals surface area contributed by atoms with Gasteiger partial charge in [-0.1, -0.05) is 18.2 Å². The van der Waals surface area contributed by atoms with Crippen LogP contribution in [0, 0.1) is 18.2 Å². The monoisotopic (exact) mass is 443 g/mol. The van der Waals surface area contributed by atoms with Gasteiger partial charge in [0.15, 0.2) is 0 Å². The Balaban J connectivity index is 1.47. The highest BCUT2D eigenvalue weighted by atomic mass is 19.3. The predicted molar refractivity (Wildman–Crippen MR) is 116 cm³/mol. The number of anilines is 2. The Labute approximate surface area is 183 Å². The largest absolute Gasteiger partial charge is 0.380 e. The fourth-order valence-corrected chi connectivity index (χ4v) is 4.53. The summed E-state index contributed by atoms with van der Waals surface area (Å²) in [5.41, 5.74) is 0.449. The summed E-state index contributed by atoms with van der Waals surface area (Å²) in [6, 6.07) is 5.41. The van der Waals surface area contributed by atoms with Crippen molar-refractivity contribution in [3.8, 4) is 0 Å². The molecular weight excluding hydrogens is 419 g/mol. The normalized spacial score (nSPS) is 18.4. The van der Waals surface area contributed by atoms with Crippen LogP contribution in [0.15, 0.2) is 30.5 Å². The van der Waals surface area contributed by atoms with Gasteiger partial charge in [0, 0.05) is 29.5 Å². The molecule has 2 aromatic heterocycles. The third-order valence-corrected chi connectivity index (χ3v) is 6.37. The molecule has 3 aromatic rings. The number of nitrogens with zero attached hydrogens (tertiary/aromatic N) is 4. The first kappa shape index (κ1) is 20.9. The SMILES string of the molecule is Cc1nc(NC(C)c2cccc(C(F)F)c2F)c2cc(N3CCC4(COC4)C3)ncc2n1. The average Bonchev–Trinajstić information content (AvgIpc) is 3.20. The Morgan fingerprint density at radius 3 is 2.66 bits per heavy atom. The number of benzene rings is 1. The molecule has 4 heterocycles. The number of hydrogen-bond donors (Lipinski definition) is 1. The number of nitrogens with one attached hydrogen (secondary N) is 1. The molecule has 168 valence electrons. The summed E-state index contributed by atoms with van der Waals surface area (Å²) in [4.78, 5) is 15.8. The van der Waals surface area contributed by atoms with E-state index < -0.39 is 23.8 Å². The van der Waals surface area contributed by atoms with E-state index >= 15 is 0 Å². The van der Waals surface area contributed by atoms with Crippen molar-refractivity contribution in [2.45, 2.75) is 32.7 Å². The van der Waals surface area contributed by atoms with Crippen LogP contribution in [0.25, 0.3) is 10.9 Å². The van der Waals surface area contributed by atoms with Gasteiger partial charge in [-0.15, -0.1) is 0 Å². The molecule has 0 radical (unpaired) electrons. The standard InChI is InChI=1S/C23H24F3N5O/c1-13(15-4-3-5-16(20(15)24)21(25)26)28-22-17-8-19(27-9-18(17)29-14(2)30-22)31-7-6-23(10-31)11-32-12-23/h3-5,8-9,13,21H,6-7,10-12H2,1-2H3,(H,28,29,30). The number of halogens is 3. The molecule has 1 N–H and O–H groups in total. The zero-order valence-electron chi connectivity index (χ0n) is 17.9. The van der Waals surface area contributed by atoms with Gasteiger partial charge in [-0.2, -0.15) is 0 Å². The van der Waals surface area contributed by atoms with E-state index in [4.69, 9.17) is 4.74 Å². The first-order valence-electron chi connectivity index (χ1n) is 10.7. The van der Waals surface area contributed by atoms with Crippen molar-refractivity contribution in [1.29, 1.82) is 0 Å². The summed E-state index contributed by atoms with van der Waals surface area (Å²) < 4.78 is 46.4. The molecule has 0 aliphatic carbocycles. The van der Waals surface area contributed by atoms with Crippen LogP contribution < -0.4 is 10.2 Å². The van der Waals surface area contributed by atoms with Crippen molar-refractivity contribution < 1.29 is 17.9 Å². The molecule has 32 heavy (non-hydrogen) atoms. The Morgan fingerprint density at radius 2 is 1.97 bits per heavy atom. The van der Waals surface area contributed by atoms with Crippen LogP contribution in [0.1, 0.15) is 42.8 Å². The Hall–Kier alpha value is -2.94. The highest BCUT2D eigenvalue weighted by molar-refractivity contribution is 5.90. The number of aromatic nitrogens is 3. The molecule has 9 heteroatoms. The zero-order valence-corrected chi connectivity index (χ0v) is 17.9. The maximum Gasteiger partial charge on any atom is 0.266 e. The molecule has 2 saturated heterocycles. The molecule has 1 spiro atoms. The topological polar surface area (TPSA) is 63.2 Å². The van der Waals surface area contributed by atoms with Crippen LogP contribution in [0.4, 0.5) is 24.8 Å². The highest BCUT2D eigenvalue weighted by Crippen LogP contribution is 2.39. The summed E-state index contributed by atoms with van der Waals surface area (Å²) in [6.07, 6.45) is -0.0863. The average molecular weight is 443 g/mol. The third kappa shape index (κ3) is 3.64. The van der Waals surface area contributed by atoms with Crippen molar-refractivity contribution in [3.05, 3.63) is 53.2 Å². The van der Waals surface area contributed by atoms with Gasteiger partial charge in [-0.05, 0) is 26.3 Å². The fourth-order valence-electron chi connectivity index (χ4n) is 4.53. The lowest BCUT2D eigenvalue weighted by atomic mass is 9.85. The quantitative estimate of drug-likeness (QED) is 0.611. The van der Waals surface area contributed by atoms with Crippen molar-refractivity contribution in [2.24, 2.45) is 5.41 Å². The number of ether oxygens (including phenoxy) is 1. The second kappa shape index (κ2) is 7.88. The molecule has 1 atom stereocenters. The van der Waals surface area contributed by atoms with E-state index in [1.807, 2.05) is 6.07 Å². The number of alkyl halides is 2. The Morgan fingerprint density at radius 1 is 1.19 bits per heavy atom. The number of aryl methyl sites for hydroxylation is 1. The van der Waals surface area contributed by atoms with Crippen molar-refractivity contribution >= 4 is 22.5 Å². The molecule has 2 fully saturated rings. The van der Waals surface area contributed by atoms with E-state index in [0.29, 0.717) is 17.2 Å². The molecule has 2 aliphatic rings. The minimum atomic E-state index is -2.87. The van der Waals surface area contributed by atoms with Crippen LogP contribution >= 0.6 is 0 Å². The fraction of sp³-hybridized carbons (Fsp3) is 0.435. The van der Waals surface area contributed by atoms with Gasteiger partial charge in [-0.25, -0.2) is 28.1 Å². The molecule has 0 bridgehead atoms. The smallest absolute Gasteiger partial charge is 0.266 e. The van der Waals surface area contributed by atoms with Gasteiger partial charge >= 0.3 is 0 Å². The lowest BCUT2D eigenvalue weighted by Gasteiger charge is -2.37. The molecular formula is C23H24F3N5O. The predicted octanol–water partition coefficient (Wildman–Crippen LogP) is 4.81. The van der Waals surface area contributed by atoms with Gasteiger partial charge in [0.2, 0.25) is 0 Å². The summed E-state index contributed by atoms with van der Waals surface area (Å²) in [7, 11) is 0. The second-order valence-corrected chi connectivity index (χ2v) is 8.76. The van der Waals surface area contributed by atoms with Crippen LogP contribution in [-0.4, -0.2) is 41.3 Å².